The number of rotatable bonds is 4. The maximum absolute atomic E-state index is 13.5. The summed E-state index contributed by atoms with van der Waals surface area (Å²) in [5, 5.41) is 3.73. The van der Waals surface area contributed by atoms with Crippen LogP contribution in [0.4, 0.5) is 4.39 Å². The molecule has 0 spiro atoms. The van der Waals surface area contributed by atoms with Crippen LogP contribution in [0.5, 0.6) is 5.75 Å². The van der Waals surface area contributed by atoms with E-state index in [0.717, 1.165) is 44.0 Å². The van der Waals surface area contributed by atoms with Crippen LogP contribution in [0.1, 0.15) is 44.7 Å². The Labute approximate surface area is 179 Å². The van der Waals surface area contributed by atoms with Gasteiger partial charge in [-0.05, 0) is 63.3 Å². The molecule has 4 rings (SSSR count). The number of hydrogen-bond donors (Lipinski definition) is 1. The maximum Gasteiger partial charge on any atom is 0.206 e. The summed E-state index contributed by atoms with van der Waals surface area (Å²) in [5.41, 5.74) is 0.989. The molecular formula is C23H31FN2O3S. The van der Waals surface area contributed by atoms with Crippen molar-refractivity contribution in [1.29, 1.82) is 0 Å². The third kappa shape index (κ3) is 5.02. The lowest BCUT2D eigenvalue weighted by Gasteiger charge is -2.35. The molecule has 30 heavy (non-hydrogen) atoms. The number of likely N-dealkylation sites (tertiary alicyclic amines) is 1. The van der Waals surface area contributed by atoms with E-state index in [1.54, 1.807) is 12.1 Å². The zero-order valence-electron chi connectivity index (χ0n) is 17.9. The van der Waals surface area contributed by atoms with Crippen LogP contribution in [0.25, 0.3) is 0 Å². The molecule has 0 radical (unpaired) electrons. The Morgan fingerprint density at radius 3 is 2.43 bits per heavy atom. The number of nitrogens with zero attached hydrogens (tertiary/aromatic N) is 1. The molecule has 1 unspecified atom stereocenters. The average Bonchev–Trinajstić information content (AvgIpc) is 2.76. The number of fused-ring (bicyclic) bond motifs is 1. The third-order valence-electron chi connectivity index (χ3n) is 5.60. The SMILES string of the molecule is CC.CN1CCC(NC2CCOc3cc(S(=O)(=O)c4cccc(F)c4)ccc32)CC1. The fourth-order valence-electron chi connectivity index (χ4n) is 3.94. The summed E-state index contributed by atoms with van der Waals surface area (Å²) in [6.07, 6.45) is 3.07. The molecule has 2 aliphatic heterocycles. The fourth-order valence-corrected chi connectivity index (χ4v) is 5.25. The number of sulfone groups is 1. The predicted octanol–water partition coefficient (Wildman–Crippen LogP) is 4.19. The topological polar surface area (TPSA) is 58.6 Å². The molecular weight excluding hydrogens is 403 g/mol. The van der Waals surface area contributed by atoms with Gasteiger partial charge in [0.2, 0.25) is 9.84 Å². The van der Waals surface area contributed by atoms with Crippen molar-refractivity contribution in [1.82, 2.24) is 10.2 Å². The van der Waals surface area contributed by atoms with Gasteiger partial charge >= 0.3 is 0 Å². The minimum Gasteiger partial charge on any atom is -0.493 e. The molecule has 1 atom stereocenters. The second kappa shape index (κ2) is 9.90. The van der Waals surface area contributed by atoms with Crippen molar-refractivity contribution in [2.24, 2.45) is 0 Å². The second-order valence-electron chi connectivity index (χ2n) is 7.59. The van der Waals surface area contributed by atoms with Gasteiger partial charge in [0.15, 0.2) is 0 Å². The highest BCUT2D eigenvalue weighted by Gasteiger charge is 2.28. The van der Waals surface area contributed by atoms with E-state index < -0.39 is 15.7 Å². The monoisotopic (exact) mass is 434 g/mol. The molecule has 1 N–H and O–H groups in total. The van der Waals surface area contributed by atoms with Crippen LogP contribution < -0.4 is 10.1 Å². The van der Waals surface area contributed by atoms with Gasteiger partial charge in [0.05, 0.1) is 16.4 Å². The van der Waals surface area contributed by atoms with Gasteiger partial charge in [0.25, 0.3) is 0 Å². The maximum atomic E-state index is 13.5. The molecule has 0 bridgehead atoms. The molecule has 2 aromatic carbocycles. The van der Waals surface area contributed by atoms with E-state index >= 15 is 0 Å². The molecule has 2 aromatic rings. The number of halogens is 1. The zero-order chi connectivity index (χ0) is 21.7. The van der Waals surface area contributed by atoms with E-state index in [-0.39, 0.29) is 15.8 Å². The van der Waals surface area contributed by atoms with E-state index in [1.807, 2.05) is 19.9 Å². The first-order chi connectivity index (χ1) is 14.4. The van der Waals surface area contributed by atoms with E-state index in [4.69, 9.17) is 4.74 Å². The van der Waals surface area contributed by atoms with Crippen molar-refractivity contribution < 1.29 is 17.5 Å². The van der Waals surface area contributed by atoms with Gasteiger partial charge in [0.1, 0.15) is 11.6 Å². The van der Waals surface area contributed by atoms with Crippen LogP contribution in [-0.2, 0) is 9.84 Å². The lowest BCUT2D eigenvalue weighted by Crippen LogP contribution is -2.43. The van der Waals surface area contributed by atoms with Crippen molar-refractivity contribution in [2.45, 2.75) is 55.0 Å². The van der Waals surface area contributed by atoms with E-state index in [9.17, 15) is 12.8 Å². The fraction of sp³-hybridized carbons (Fsp3) is 0.478. The Balaban J connectivity index is 0.00000124. The molecule has 2 heterocycles. The summed E-state index contributed by atoms with van der Waals surface area (Å²) in [6.45, 7) is 6.71. The van der Waals surface area contributed by atoms with Crippen molar-refractivity contribution in [3.8, 4) is 5.75 Å². The van der Waals surface area contributed by atoms with Crippen LogP contribution in [-0.4, -0.2) is 46.1 Å². The minimum absolute atomic E-state index is 0.0516. The van der Waals surface area contributed by atoms with Gasteiger partial charge in [-0.25, -0.2) is 12.8 Å². The average molecular weight is 435 g/mol. The number of ether oxygens (including phenoxy) is 1. The molecule has 1 saturated heterocycles. The lowest BCUT2D eigenvalue weighted by molar-refractivity contribution is 0.200. The summed E-state index contributed by atoms with van der Waals surface area (Å²) >= 11 is 0. The van der Waals surface area contributed by atoms with Crippen LogP contribution >= 0.6 is 0 Å². The van der Waals surface area contributed by atoms with Crippen molar-refractivity contribution in [3.05, 3.63) is 53.8 Å². The molecule has 7 heteroatoms. The Bertz CT molecular complexity index is 957. The Morgan fingerprint density at radius 1 is 1.03 bits per heavy atom. The second-order valence-corrected chi connectivity index (χ2v) is 9.54. The van der Waals surface area contributed by atoms with Gasteiger partial charge < -0.3 is 15.0 Å². The molecule has 0 amide bonds. The first-order valence-corrected chi connectivity index (χ1v) is 12.1. The number of benzene rings is 2. The Kier molecular flexibility index (Phi) is 7.50. The molecule has 0 saturated carbocycles. The smallest absolute Gasteiger partial charge is 0.206 e. The molecule has 2 aliphatic rings. The van der Waals surface area contributed by atoms with Crippen LogP contribution in [0.3, 0.4) is 0 Å². The van der Waals surface area contributed by atoms with Crippen LogP contribution in [0.15, 0.2) is 52.3 Å². The number of hydrogen-bond acceptors (Lipinski definition) is 5. The molecule has 0 aliphatic carbocycles. The normalized spacial score (nSPS) is 19.9. The van der Waals surface area contributed by atoms with Gasteiger partial charge in [-0.2, -0.15) is 0 Å². The highest BCUT2D eigenvalue weighted by molar-refractivity contribution is 7.91. The summed E-state index contributed by atoms with van der Waals surface area (Å²) in [7, 11) is -1.65. The van der Waals surface area contributed by atoms with E-state index in [0.29, 0.717) is 18.4 Å². The number of nitrogens with one attached hydrogen (secondary N) is 1. The van der Waals surface area contributed by atoms with Gasteiger partial charge in [-0.15, -0.1) is 0 Å². The molecule has 5 nitrogen and oxygen atoms in total. The molecule has 1 fully saturated rings. The van der Waals surface area contributed by atoms with Crippen molar-refractivity contribution in [2.75, 3.05) is 26.7 Å². The standard InChI is InChI=1S/C21H25FN2O3S.C2H6/c1-24-10-7-16(8-11-24)23-20-9-12-27-21-14-18(5-6-19(20)21)28(25,26)17-4-2-3-15(22)13-17;1-2/h2-6,13-14,16,20,23H,7-12H2,1H3;1-2H3. The first-order valence-electron chi connectivity index (χ1n) is 10.7. The minimum atomic E-state index is -3.79. The molecule has 0 aromatic heterocycles. The van der Waals surface area contributed by atoms with Crippen molar-refractivity contribution >= 4 is 9.84 Å². The summed E-state index contributed by atoms with van der Waals surface area (Å²) in [6, 6.07) is 10.7. The summed E-state index contributed by atoms with van der Waals surface area (Å²) in [5.74, 6) is 0.0202. The Hall–Kier alpha value is -1.96. The molecule has 164 valence electrons. The van der Waals surface area contributed by atoms with Gasteiger partial charge in [-0.3, -0.25) is 0 Å². The summed E-state index contributed by atoms with van der Waals surface area (Å²) in [4.78, 5) is 2.40. The van der Waals surface area contributed by atoms with Crippen LogP contribution in [0, 0.1) is 5.82 Å². The first kappa shape index (κ1) is 22.7. The van der Waals surface area contributed by atoms with Crippen LogP contribution in [0.2, 0.25) is 0 Å². The van der Waals surface area contributed by atoms with Crippen molar-refractivity contribution in [3.63, 3.8) is 0 Å². The van der Waals surface area contributed by atoms with E-state index in [2.05, 4.69) is 17.3 Å². The summed E-state index contributed by atoms with van der Waals surface area (Å²) < 4.78 is 45.0. The third-order valence-corrected chi connectivity index (χ3v) is 7.35. The van der Waals surface area contributed by atoms with Gasteiger partial charge in [-0.1, -0.05) is 26.0 Å². The van der Waals surface area contributed by atoms with Gasteiger partial charge in [0, 0.05) is 24.1 Å². The number of piperidine rings is 1. The highest BCUT2D eigenvalue weighted by atomic mass is 32.2. The van der Waals surface area contributed by atoms with E-state index in [1.165, 1.54) is 18.2 Å². The highest BCUT2D eigenvalue weighted by Crippen LogP contribution is 2.36. The quantitative estimate of drug-likeness (QED) is 0.782. The lowest BCUT2D eigenvalue weighted by atomic mass is 9.97. The largest absolute Gasteiger partial charge is 0.493 e. The zero-order valence-corrected chi connectivity index (χ0v) is 18.7. The predicted molar refractivity (Wildman–Crippen MR) is 116 cm³/mol. The Morgan fingerprint density at radius 2 is 1.73 bits per heavy atom.